The van der Waals surface area contributed by atoms with Gasteiger partial charge in [-0.3, -0.25) is 5.32 Å². The van der Waals surface area contributed by atoms with Gasteiger partial charge in [-0.1, -0.05) is 12.6 Å². The Bertz CT molecular complexity index is 519. The van der Waals surface area contributed by atoms with Crippen LogP contribution in [0.5, 0.6) is 5.75 Å². The van der Waals surface area contributed by atoms with Gasteiger partial charge in [0.1, 0.15) is 11.4 Å². The van der Waals surface area contributed by atoms with Crippen LogP contribution in [0.1, 0.15) is 32.8 Å². The van der Waals surface area contributed by atoms with E-state index < -0.39 is 11.7 Å². The first-order valence-corrected chi connectivity index (χ1v) is 6.83. The van der Waals surface area contributed by atoms with Crippen LogP contribution in [0.15, 0.2) is 24.8 Å². The van der Waals surface area contributed by atoms with Crippen molar-refractivity contribution >= 4 is 17.4 Å². The van der Waals surface area contributed by atoms with Gasteiger partial charge in [0.25, 0.3) is 0 Å². The highest BCUT2D eigenvalue weighted by molar-refractivity contribution is 5.87. The molecule has 1 aromatic carbocycles. The summed E-state index contributed by atoms with van der Waals surface area (Å²) in [6.45, 7) is 9.95. The van der Waals surface area contributed by atoms with Gasteiger partial charge in [-0.05, 0) is 57.0 Å². The second-order valence-corrected chi connectivity index (χ2v) is 5.68. The summed E-state index contributed by atoms with van der Waals surface area (Å²) in [4.78, 5) is 11.8. The second-order valence-electron chi connectivity index (χ2n) is 5.68. The molecule has 1 aromatic rings. The van der Waals surface area contributed by atoms with Crippen molar-refractivity contribution in [3.05, 3.63) is 30.3 Å². The Hall–Kier alpha value is -2.01. The lowest BCUT2D eigenvalue weighted by molar-refractivity contribution is 0.0635. The number of hydrogen-bond acceptors (Lipinski definition) is 4. The maximum atomic E-state index is 11.8. The number of rotatable bonds is 5. The van der Waals surface area contributed by atoms with Crippen molar-refractivity contribution in [2.75, 3.05) is 19.0 Å². The molecule has 21 heavy (non-hydrogen) atoms. The average molecular weight is 292 g/mol. The van der Waals surface area contributed by atoms with Crippen molar-refractivity contribution in [3.63, 3.8) is 0 Å². The van der Waals surface area contributed by atoms with Crippen LogP contribution >= 0.6 is 0 Å². The number of nitrogens with two attached hydrogens (primary N) is 1. The van der Waals surface area contributed by atoms with E-state index in [0.717, 1.165) is 11.1 Å². The van der Waals surface area contributed by atoms with Gasteiger partial charge in [0.05, 0.1) is 12.8 Å². The van der Waals surface area contributed by atoms with Crippen molar-refractivity contribution in [1.29, 1.82) is 0 Å². The molecule has 5 nitrogen and oxygen atoms in total. The van der Waals surface area contributed by atoms with Crippen LogP contribution in [-0.4, -0.2) is 25.3 Å². The molecule has 0 aliphatic heterocycles. The van der Waals surface area contributed by atoms with Crippen LogP contribution in [0.2, 0.25) is 0 Å². The van der Waals surface area contributed by atoms with Crippen molar-refractivity contribution in [1.82, 2.24) is 0 Å². The van der Waals surface area contributed by atoms with E-state index in [1.54, 1.807) is 13.2 Å². The molecule has 0 spiro atoms. The molecule has 3 N–H and O–H groups in total. The zero-order valence-electron chi connectivity index (χ0n) is 13.2. The Morgan fingerprint density at radius 3 is 2.57 bits per heavy atom. The van der Waals surface area contributed by atoms with Crippen LogP contribution in [0.25, 0.3) is 5.57 Å². The SMILES string of the molecule is C=C(CCN)c1ccc(NC(=O)OC(C)(C)C)c(OC)c1. The van der Waals surface area contributed by atoms with Crippen LogP contribution in [-0.2, 0) is 4.74 Å². The summed E-state index contributed by atoms with van der Waals surface area (Å²) >= 11 is 0. The molecular formula is C16H24N2O3. The summed E-state index contributed by atoms with van der Waals surface area (Å²) in [7, 11) is 1.55. The molecule has 116 valence electrons. The van der Waals surface area contributed by atoms with E-state index in [1.165, 1.54) is 0 Å². The number of ether oxygens (including phenoxy) is 2. The topological polar surface area (TPSA) is 73.6 Å². The maximum Gasteiger partial charge on any atom is 0.412 e. The Morgan fingerprint density at radius 1 is 1.38 bits per heavy atom. The number of carbonyl (C=O) groups excluding carboxylic acids is 1. The van der Waals surface area contributed by atoms with Crippen LogP contribution in [0, 0.1) is 0 Å². The number of carbonyl (C=O) groups is 1. The minimum Gasteiger partial charge on any atom is -0.495 e. The normalized spacial score (nSPS) is 10.9. The number of benzene rings is 1. The lowest BCUT2D eigenvalue weighted by Gasteiger charge is -2.20. The Morgan fingerprint density at radius 2 is 2.05 bits per heavy atom. The van der Waals surface area contributed by atoms with Gasteiger partial charge in [0.2, 0.25) is 0 Å². The summed E-state index contributed by atoms with van der Waals surface area (Å²) in [6.07, 6.45) is 0.191. The highest BCUT2D eigenvalue weighted by Crippen LogP contribution is 2.29. The molecule has 1 rings (SSSR count). The third-order valence-corrected chi connectivity index (χ3v) is 2.69. The predicted octanol–water partition coefficient (Wildman–Crippen LogP) is 3.40. The van der Waals surface area contributed by atoms with Crippen molar-refractivity contribution < 1.29 is 14.3 Å². The fourth-order valence-corrected chi connectivity index (χ4v) is 1.75. The van der Waals surface area contributed by atoms with E-state index in [0.29, 0.717) is 24.4 Å². The zero-order valence-corrected chi connectivity index (χ0v) is 13.2. The van der Waals surface area contributed by atoms with Crippen molar-refractivity contribution in [3.8, 4) is 5.75 Å². The highest BCUT2D eigenvalue weighted by atomic mass is 16.6. The quantitative estimate of drug-likeness (QED) is 0.872. The van der Waals surface area contributed by atoms with Crippen molar-refractivity contribution in [2.24, 2.45) is 5.73 Å². The van der Waals surface area contributed by atoms with E-state index in [9.17, 15) is 4.79 Å². The molecule has 0 saturated carbocycles. The summed E-state index contributed by atoms with van der Waals surface area (Å²) in [5, 5.41) is 2.68. The largest absolute Gasteiger partial charge is 0.495 e. The standard InChI is InChI=1S/C16H24N2O3/c1-11(8-9-17)12-6-7-13(14(10-12)20-5)18-15(19)21-16(2,3)4/h6-7,10H,1,8-9,17H2,2-5H3,(H,18,19). The minimum absolute atomic E-state index is 0.519. The molecule has 0 unspecified atom stereocenters. The van der Waals surface area contributed by atoms with Gasteiger partial charge in [-0.25, -0.2) is 4.79 Å². The van der Waals surface area contributed by atoms with Gasteiger partial charge in [0.15, 0.2) is 0 Å². The van der Waals surface area contributed by atoms with Crippen LogP contribution in [0.3, 0.4) is 0 Å². The molecule has 0 aromatic heterocycles. The monoisotopic (exact) mass is 292 g/mol. The molecule has 5 heteroatoms. The molecule has 0 aliphatic carbocycles. The summed E-state index contributed by atoms with van der Waals surface area (Å²) < 4.78 is 10.5. The van der Waals surface area contributed by atoms with E-state index in [-0.39, 0.29) is 0 Å². The van der Waals surface area contributed by atoms with E-state index >= 15 is 0 Å². The molecule has 0 radical (unpaired) electrons. The predicted molar refractivity (Wildman–Crippen MR) is 85.6 cm³/mol. The number of hydrogen-bond donors (Lipinski definition) is 2. The van der Waals surface area contributed by atoms with Crippen LogP contribution in [0.4, 0.5) is 10.5 Å². The Balaban J connectivity index is 2.89. The van der Waals surface area contributed by atoms with Crippen molar-refractivity contribution in [2.45, 2.75) is 32.8 Å². The summed E-state index contributed by atoms with van der Waals surface area (Å²) in [5.74, 6) is 0.552. The smallest absolute Gasteiger partial charge is 0.412 e. The van der Waals surface area contributed by atoms with E-state index in [4.69, 9.17) is 15.2 Å². The molecule has 0 heterocycles. The Labute approximate surface area is 126 Å². The summed E-state index contributed by atoms with van der Waals surface area (Å²) in [5.41, 5.74) is 7.40. The van der Waals surface area contributed by atoms with Gasteiger partial charge in [0, 0.05) is 0 Å². The molecule has 0 bridgehead atoms. The fraction of sp³-hybridized carbons (Fsp3) is 0.438. The lowest BCUT2D eigenvalue weighted by atomic mass is 10.0. The third-order valence-electron chi connectivity index (χ3n) is 2.69. The molecule has 0 saturated heterocycles. The third kappa shape index (κ3) is 5.47. The van der Waals surface area contributed by atoms with Crippen LogP contribution < -0.4 is 15.8 Å². The molecule has 0 fully saturated rings. The Kier molecular flexibility index (Phi) is 5.79. The van der Waals surface area contributed by atoms with E-state index in [1.807, 2.05) is 32.9 Å². The van der Waals surface area contributed by atoms with E-state index in [2.05, 4.69) is 11.9 Å². The number of anilines is 1. The molecule has 0 aliphatic rings. The summed E-state index contributed by atoms with van der Waals surface area (Å²) in [6, 6.07) is 5.46. The minimum atomic E-state index is -0.549. The number of methoxy groups -OCH3 is 1. The lowest BCUT2D eigenvalue weighted by Crippen LogP contribution is -2.27. The first kappa shape index (κ1) is 17.0. The number of nitrogens with one attached hydrogen (secondary N) is 1. The van der Waals surface area contributed by atoms with Gasteiger partial charge < -0.3 is 15.2 Å². The first-order valence-electron chi connectivity index (χ1n) is 6.83. The molecule has 1 amide bonds. The average Bonchev–Trinajstić information content (AvgIpc) is 2.37. The zero-order chi connectivity index (χ0) is 16.0. The first-order chi connectivity index (χ1) is 9.76. The highest BCUT2D eigenvalue weighted by Gasteiger charge is 2.17. The fourth-order valence-electron chi connectivity index (χ4n) is 1.75. The van der Waals surface area contributed by atoms with Gasteiger partial charge in [-0.15, -0.1) is 0 Å². The van der Waals surface area contributed by atoms with Gasteiger partial charge in [-0.2, -0.15) is 0 Å². The molecular weight excluding hydrogens is 268 g/mol. The van der Waals surface area contributed by atoms with Gasteiger partial charge >= 0.3 is 6.09 Å². The molecule has 0 atom stereocenters. The number of amides is 1. The maximum absolute atomic E-state index is 11.8. The second kappa shape index (κ2) is 7.13.